The van der Waals surface area contributed by atoms with Crippen molar-refractivity contribution in [3.8, 4) is 35.2 Å². The predicted octanol–water partition coefficient (Wildman–Crippen LogP) is 2.09. The molecule has 2 fully saturated rings. The van der Waals surface area contributed by atoms with Gasteiger partial charge in [-0.3, -0.25) is 9.80 Å². The van der Waals surface area contributed by atoms with Crippen molar-refractivity contribution in [2.45, 2.75) is 76.2 Å². The van der Waals surface area contributed by atoms with E-state index in [0.717, 1.165) is 31.2 Å². The standard InChI is InChI=1S/C23H21F3N2O3.C22H18BrF3N2O2.CH4.B21/c1-31-18-7-4-16(5-8-18)13-28-20-12-17(14-29)6-9-19(20)22(23(24,25)26,27-21(28)30)11-10-15-2-3-15;1-30-17-7-4-15(5-8-17)13-28-19-12-16(23)6-9-18(19)21(22(24,25)26,27-20(28)29)11-10-14-2-3-14;;1-12-18(13(2)3)21(19(14(4)5)15(6)7)20(16(8)9)17(10)11/h4-9,12,15,29H,2-3,13-14H2,1H3,(H,27,30);4-9,12,14H,2-3,13H2,1H3,(H,27,29);1H4;. The number of alkyl halides is 6. The van der Waals surface area contributed by atoms with Crippen LogP contribution >= 0.6 is 15.9 Å². The van der Waals surface area contributed by atoms with E-state index in [1.807, 2.05) is 0 Å². The maximum Gasteiger partial charge on any atom is 0.427 e. The van der Waals surface area contributed by atoms with Crippen LogP contribution in [-0.4, -0.2) is 193 Å². The van der Waals surface area contributed by atoms with Crippen molar-refractivity contribution in [2.75, 3.05) is 24.0 Å². The number of hydrogen-bond donors (Lipinski definition) is 3. The summed E-state index contributed by atoms with van der Waals surface area (Å²) in [6, 6.07) is 20.7. The number of amides is 4. The van der Waals surface area contributed by atoms with Crippen molar-refractivity contribution < 1.29 is 50.5 Å². The first-order valence-corrected chi connectivity index (χ1v) is 26.6. The second-order valence-electron chi connectivity index (χ2n) is 20.4. The average molecular weight is 1150 g/mol. The Bertz CT molecular complexity index is 2960. The lowest BCUT2D eigenvalue weighted by Gasteiger charge is -2.43. The molecule has 0 saturated heterocycles. The average Bonchev–Trinajstić information content (AvgIpc) is 3.17. The maximum absolute atomic E-state index is 14.3. The molecule has 389 valence electrons. The zero-order valence-electron chi connectivity index (χ0n) is 44.9. The number of urea groups is 2. The smallest absolute Gasteiger partial charge is 0.427 e. The second-order valence-corrected chi connectivity index (χ2v) is 21.3. The van der Waals surface area contributed by atoms with Gasteiger partial charge in [0.1, 0.15) is 11.5 Å². The lowest BCUT2D eigenvalue weighted by atomic mass is 8.38. The van der Waals surface area contributed by atoms with E-state index in [0.29, 0.717) is 27.1 Å². The fraction of sp³-hybridized carbons (Fsp3) is 0.348. The number of methoxy groups -OCH3 is 2. The molecule has 2 saturated carbocycles. The minimum atomic E-state index is -4.83. The van der Waals surface area contributed by atoms with E-state index in [1.54, 1.807) is 55.6 Å². The van der Waals surface area contributed by atoms with Crippen LogP contribution in [0.4, 0.5) is 47.3 Å². The summed E-state index contributed by atoms with van der Waals surface area (Å²) in [4.78, 5) is 28.4. The topological polar surface area (TPSA) is 103 Å². The van der Waals surface area contributed by atoms with E-state index >= 15 is 0 Å². The summed E-state index contributed by atoms with van der Waals surface area (Å²) in [6.45, 7) is -0.219. The van der Waals surface area contributed by atoms with Gasteiger partial charge in [-0.1, -0.05) is 89.5 Å². The molecule has 83 heavy (non-hydrogen) atoms. The number of hydrogen-bond acceptors (Lipinski definition) is 5. The summed E-state index contributed by atoms with van der Waals surface area (Å²) in [7, 11) is 67.8. The molecule has 2 aliphatic carbocycles. The molecule has 8 rings (SSSR count). The van der Waals surface area contributed by atoms with Gasteiger partial charge in [0.25, 0.3) is 0 Å². The molecule has 2 heterocycles. The number of ether oxygens (including phenoxy) is 2. The zero-order valence-corrected chi connectivity index (χ0v) is 46.5. The molecule has 2 unspecified atom stereocenters. The first-order valence-electron chi connectivity index (χ1n) is 25.9. The molecule has 2 atom stereocenters. The molecule has 4 aliphatic rings. The Morgan fingerprint density at radius 1 is 0.602 bits per heavy atom. The highest BCUT2D eigenvalue weighted by molar-refractivity contribution is 9.10. The Balaban J connectivity index is 0.000000232. The molecule has 3 N–H and O–H groups in total. The molecule has 0 bridgehead atoms. The van der Waals surface area contributed by atoms with Crippen molar-refractivity contribution in [2.24, 2.45) is 11.8 Å². The van der Waals surface area contributed by atoms with E-state index in [9.17, 15) is 41.0 Å². The Kier molecular flexibility index (Phi) is 24.4. The van der Waals surface area contributed by atoms with Crippen LogP contribution in [0.15, 0.2) is 89.4 Å². The normalized spacial score (nSPS) is 17.4. The minimum Gasteiger partial charge on any atom is -0.497 e. The van der Waals surface area contributed by atoms with Gasteiger partial charge in [-0.15, -0.1) is 0 Å². The van der Waals surface area contributed by atoms with Crippen LogP contribution in [0.1, 0.15) is 60.9 Å². The van der Waals surface area contributed by atoms with Gasteiger partial charge in [-0.25, -0.2) is 9.59 Å². The fourth-order valence-corrected chi connectivity index (χ4v) is 10.0. The largest absolute Gasteiger partial charge is 0.497 e. The van der Waals surface area contributed by atoms with E-state index in [2.05, 4.69) is 50.2 Å². The maximum atomic E-state index is 14.3. The first kappa shape index (κ1) is 69.3. The van der Waals surface area contributed by atoms with Gasteiger partial charge in [0.2, 0.25) is 11.1 Å². The molecular formula is C46H43B21BrF6N4O5. The molecule has 9 nitrogen and oxygen atoms in total. The molecular weight excluding hydrogens is 1110 g/mol. The van der Waals surface area contributed by atoms with E-state index in [4.69, 9.17) is 94.6 Å². The summed E-state index contributed by atoms with van der Waals surface area (Å²) < 4.78 is 96.7. The summed E-state index contributed by atoms with van der Waals surface area (Å²) in [5, 5.41) is 13.8. The fourth-order valence-electron chi connectivity index (χ4n) is 9.70. The SMILES string of the molecule is C.COc1ccc(CN2C(=O)NC(C#CC3CC3)(C(F)(F)F)c3ccc(Br)cc32)cc1.COc1ccc(CN2C(=O)NC(C#CC3CC3)(C(F)(F)F)c3ccc(CO)cc32)cc1.[B][B]B(B([B])[B])B(B(B([B])[B])B([B])[B])B(B([B])[B])B([B])[B]. The number of fused-ring (bicyclic) bond motifs is 2. The van der Waals surface area contributed by atoms with Gasteiger partial charge < -0.3 is 25.2 Å². The van der Waals surface area contributed by atoms with Crippen LogP contribution in [0.5, 0.6) is 11.5 Å². The number of anilines is 2. The number of nitrogens with one attached hydrogen (secondary N) is 2. The Labute approximate surface area is 511 Å². The van der Waals surface area contributed by atoms with Crippen LogP contribution in [0.3, 0.4) is 0 Å². The van der Waals surface area contributed by atoms with Crippen molar-refractivity contribution in [1.29, 1.82) is 0 Å². The van der Waals surface area contributed by atoms with E-state index < -0.39 is 93.0 Å². The first-order chi connectivity index (χ1) is 38.6. The molecule has 4 aromatic carbocycles. The number of halogens is 7. The summed E-state index contributed by atoms with van der Waals surface area (Å²) in [5.74, 6) is 11.3. The van der Waals surface area contributed by atoms with Crippen LogP contribution in [0.2, 0.25) is 0 Å². The molecule has 0 aromatic heterocycles. The molecule has 4 amide bonds. The molecule has 23 radical (unpaired) electrons. The van der Waals surface area contributed by atoms with Crippen molar-refractivity contribution >= 4 is 189 Å². The monoisotopic (exact) mass is 1160 g/mol. The Morgan fingerprint density at radius 3 is 1.28 bits per heavy atom. The number of aliphatic hydroxyl groups is 1. The van der Waals surface area contributed by atoms with Crippen molar-refractivity contribution in [1.82, 2.24) is 10.6 Å². The summed E-state index contributed by atoms with van der Waals surface area (Å²) in [5.41, 5.74) is -3.66. The van der Waals surface area contributed by atoms with E-state index in [1.165, 1.54) is 60.4 Å². The van der Waals surface area contributed by atoms with Crippen molar-refractivity contribution in [3.63, 3.8) is 0 Å². The number of aliphatic hydroxyl groups excluding tert-OH is 1. The minimum absolute atomic E-state index is 0. The summed E-state index contributed by atoms with van der Waals surface area (Å²) >= 11 is 3.31. The summed E-state index contributed by atoms with van der Waals surface area (Å²) in [6.07, 6.45) is -13.3. The molecule has 0 spiro atoms. The highest BCUT2D eigenvalue weighted by Gasteiger charge is 2.62. The molecule has 37 heteroatoms. The second kappa shape index (κ2) is 29.3. The van der Waals surface area contributed by atoms with Crippen molar-refractivity contribution in [3.05, 3.63) is 117 Å². The van der Waals surface area contributed by atoms with Gasteiger partial charge in [-0.2, -0.15) is 26.3 Å². The number of benzene rings is 4. The van der Waals surface area contributed by atoms with E-state index in [-0.39, 0.29) is 61.5 Å². The highest BCUT2D eigenvalue weighted by Crippen LogP contribution is 2.48. The quantitative estimate of drug-likeness (QED) is 0.0908. The number of carbonyl (C=O) groups is 2. The van der Waals surface area contributed by atoms with Gasteiger partial charge >= 0.3 is 24.4 Å². The predicted molar refractivity (Wildman–Crippen MR) is 346 cm³/mol. The highest BCUT2D eigenvalue weighted by atomic mass is 79.9. The van der Waals surface area contributed by atoms with Gasteiger partial charge in [0.15, 0.2) is 0 Å². The number of rotatable bonds is 16. The molecule has 2 aliphatic heterocycles. The van der Waals surface area contributed by atoms with Crippen LogP contribution < -0.4 is 29.9 Å². The van der Waals surface area contributed by atoms with Crippen LogP contribution in [0, 0.1) is 35.5 Å². The zero-order chi connectivity index (χ0) is 60.6. The van der Waals surface area contributed by atoms with Crippen LogP contribution in [0.25, 0.3) is 0 Å². The third kappa shape index (κ3) is 16.5. The lowest BCUT2D eigenvalue weighted by Crippen LogP contribution is -2.81. The van der Waals surface area contributed by atoms with Gasteiger partial charge in [0.05, 0.1) is 45.3 Å². The Morgan fingerprint density at radius 2 is 0.964 bits per heavy atom. The third-order valence-electron chi connectivity index (χ3n) is 14.4. The lowest BCUT2D eigenvalue weighted by molar-refractivity contribution is -0.179. The molecule has 4 aromatic rings. The van der Waals surface area contributed by atoms with Gasteiger partial charge in [0, 0.05) is 177 Å². The van der Waals surface area contributed by atoms with Gasteiger partial charge in [-0.05, 0) is 84.8 Å². The number of carbonyl (C=O) groups excluding carboxylic acids is 2. The third-order valence-corrected chi connectivity index (χ3v) is 14.9. The Hall–Kier alpha value is -4.48. The van der Waals surface area contributed by atoms with Crippen LogP contribution in [-0.2, 0) is 30.8 Å². The number of nitrogens with zero attached hydrogens (tertiary/aromatic N) is 2.